The number of aromatic nitrogens is 2. The first kappa shape index (κ1) is 42.6. The van der Waals surface area contributed by atoms with E-state index in [2.05, 4.69) is 245 Å². The van der Waals surface area contributed by atoms with Crippen molar-refractivity contribution in [3.05, 3.63) is 180 Å². The van der Waals surface area contributed by atoms with E-state index >= 15 is 0 Å². The van der Waals surface area contributed by atoms with Gasteiger partial charge in [0.1, 0.15) is 0 Å². The predicted molar refractivity (Wildman–Crippen MR) is 273 cm³/mol. The summed E-state index contributed by atoms with van der Waals surface area (Å²) in [5.74, 6) is 0. The maximum Gasteiger partial charge on any atom is 0.0462 e. The monoisotopic (exact) mass is 841 g/mol. The minimum Gasteiger partial charge on any atom is -0.593 e. The molecule has 0 saturated carbocycles. The minimum absolute atomic E-state index is 0.0283. The molecule has 0 bridgehead atoms. The Morgan fingerprint density at radius 1 is 0.453 bits per heavy atom. The molecule has 7 aromatic carbocycles. The summed E-state index contributed by atoms with van der Waals surface area (Å²) in [6.45, 7) is 21.5. The molecule has 0 radical (unpaired) electrons. The highest BCUT2D eigenvalue weighted by Gasteiger charge is 2.28. The Bertz CT molecular complexity index is 2890. The van der Waals surface area contributed by atoms with Gasteiger partial charge in [0.05, 0.1) is 0 Å². The van der Waals surface area contributed by atoms with E-state index < -0.39 is 0 Å². The minimum atomic E-state index is 0.0283. The molecule has 5 nitrogen and oxygen atoms in total. The number of anilines is 6. The van der Waals surface area contributed by atoms with E-state index in [1.54, 1.807) is 0 Å². The zero-order valence-electron chi connectivity index (χ0n) is 38.9. The van der Waals surface area contributed by atoms with Crippen molar-refractivity contribution in [3.8, 4) is 22.3 Å². The molecule has 0 saturated heterocycles. The van der Waals surface area contributed by atoms with Crippen LogP contribution in [0.5, 0.6) is 0 Å². The summed E-state index contributed by atoms with van der Waals surface area (Å²) in [7, 11) is 0. The van der Waals surface area contributed by atoms with Crippen molar-refractivity contribution in [2.75, 3.05) is 22.9 Å². The molecular weight excluding hydrogens is 779 g/mol. The van der Waals surface area contributed by atoms with Gasteiger partial charge in [0.2, 0.25) is 0 Å². The van der Waals surface area contributed by atoms with Gasteiger partial charge in [-0.15, -0.1) is 0 Å². The summed E-state index contributed by atoms with van der Waals surface area (Å²) in [5.41, 5.74) is 17.1. The second-order valence-electron chi connectivity index (χ2n) is 19.7. The van der Waals surface area contributed by atoms with E-state index in [1.807, 2.05) is 0 Å². The highest BCUT2D eigenvalue weighted by atomic mass is 15.3. The van der Waals surface area contributed by atoms with Crippen LogP contribution in [0.3, 0.4) is 0 Å². The molecule has 0 fully saturated rings. The maximum atomic E-state index is 5.50. The van der Waals surface area contributed by atoms with E-state index in [-0.39, 0.29) is 10.8 Å². The molecule has 0 aliphatic carbocycles. The second kappa shape index (κ2) is 17.4. The zero-order valence-corrected chi connectivity index (χ0v) is 38.9. The zero-order chi connectivity index (χ0) is 44.6. The number of para-hydroxylation sites is 4. The molecule has 1 aliphatic heterocycles. The van der Waals surface area contributed by atoms with Crippen LogP contribution < -0.4 is 25.3 Å². The van der Waals surface area contributed by atoms with Crippen LogP contribution in [0.1, 0.15) is 68.2 Å². The van der Waals surface area contributed by atoms with E-state index in [1.165, 1.54) is 49.5 Å². The Morgan fingerprint density at radius 2 is 0.844 bits per heavy atom. The highest BCUT2D eigenvalue weighted by molar-refractivity contribution is 6.04. The summed E-state index contributed by atoms with van der Waals surface area (Å²) < 4.78 is 2.31. The van der Waals surface area contributed by atoms with Crippen LogP contribution in [0.4, 0.5) is 34.1 Å². The SMILES string of the molecule is CCC1=c2c(-c3ccc(N(c4ccccc4)c4ccccc4)cc3)c3[n-]n(CC(C)(C)C)c3c(-c3ccc(N(c4ccccc4)c4ccccc4)cc3)c2=C(CC)N(CC(C)(C)C)C1. The Labute approximate surface area is 380 Å². The number of nitrogens with zero attached hydrogens (tertiary/aromatic N) is 5. The van der Waals surface area contributed by atoms with Crippen molar-refractivity contribution in [1.82, 2.24) is 14.7 Å². The molecule has 0 spiro atoms. The number of hydrogen-bond donors (Lipinski definition) is 0. The van der Waals surface area contributed by atoms with Crippen LogP contribution in [0, 0.1) is 10.8 Å². The number of hydrogen-bond acceptors (Lipinski definition) is 3. The van der Waals surface area contributed by atoms with Crippen LogP contribution in [-0.2, 0) is 6.54 Å². The summed E-state index contributed by atoms with van der Waals surface area (Å²) >= 11 is 0. The molecule has 2 heterocycles. The van der Waals surface area contributed by atoms with Gasteiger partial charge in [-0.05, 0) is 124 Å². The Balaban J connectivity index is 1.31. The summed E-state index contributed by atoms with van der Waals surface area (Å²) in [6.07, 6.45) is 1.88. The highest BCUT2D eigenvalue weighted by Crippen LogP contribution is 2.41. The number of fused-ring (bicyclic) bond motifs is 2. The first-order chi connectivity index (χ1) is 30.9. The average molecular weight is 841 g/mol. The Morgan fingerprint density at radius 3 is 1.22 bits per heavy atom. The largest absolute Gasteiger partial charge is 0.593 e. The smallest absolute Gasteiger partial charge is 0.0462 e. The van der Waals surface area contributed by atoms with Crippen molar-refractivity contribution in [3.63, 3.8) is 0 Å². The van der Waals surface area contributed by atoms with Crippen LogP contribution in [0.2, 0.25) is 0 Å². The molecule has 64 heavy (non-hydrogen) atoms. The molecule has 0 N–H and O–H groups in total. The molecular formula is C59H62N5-. The van der Waals surface area contributed by atoms with Gasteiger partial charge in [-0.3, -0.25) is 0 Å². The van der Waals surface area contributed by atoms with Gasteiger partial charge < -0.3 is 24.5 Å². The third kappa shape index (κ3) is 8.40. The predicted octanol–water partition coefficient (Wildman–Crippen LogP) is 14.4. The number of benzene rings is 7. The van der Waals surface area contributed by atoms with Crippen LogP contribution in [0.25, 0.3) is 44.6 Å². The lowest BCUT2D eigenvalue weighted by Crippen LogP contribution is -2.48. The third-order valence-corrected chi connectivity index (χ3v) is 12.3. The topological polar surface area (TPSA) is 28.8 Å². The second-order valence-corrected chi connectivity index (χ2v) is 19.7. The van der Waals surface area contributed by atoms with Gasteiger partial charge in [-0.25, -0.2) is 0 Å². The Hall–Kier alpha value is -6.72. The van der Waals surface area contributed by atoms with Gasteiger partial charge in [-0.2, -0.15) is 0 Å². The van der Waals surface area contributed by atoms with Gasteiger partial charge >= 0.3 is 0 Å². The third-order valence-electron chi connectivity index (χ3n) is 12.3. The van der Waals surface area contributed by atoms with Crippen LogP contribution in [0.15, 0.2) is 170 Å². The lowest BCUT2D eigenvalue weighted by molar-refractivity contribution is 0.273. The standard InChI is InChI=1S/C59H62N5/c1-9-42-39-61(40-58(3,4)5)51(10-2)55-52(42)53(43-31-35-49(36-32-43)63(45-23-15-11-16-24-45)46-25-17-12-18-26-46)56-57(62(60-56)41-59(6,7)8)54(55)44-33-37-50(38-34-44)64(47-27-19-13-20-28-47)48-29-21-14-22-30-48/h11-38H,9-10,39-41H2,1-8H3/q-1. The fourth-order valence-corrected chi connectivity index (χ4v) is 9.70. The van der Waals surface area contributed by atoms with Crippen molar-refractivity contribution < 1.29 is 0 Å². The van der Waals surface area contributed by atoms with Crippen molar-refractivity contribution >= 4 is 56.4 Å². The van der Waals surface area contributed by atoms with Crippen molar-refractivity contribution in [1.29, 1.82) is 0 Å². The van der Waals surface area contributed by atoms with Gasteiger partial charge in [-0.1, -0.05) is 158 Å². The molecule has 1 aliphatic rings. The quantitative estimate of drug-likeness (QED) is 0.123. The van der Waals surface area contributed by atoms with Crippen molar-refractivity contribution in [2.24, 2.45) is 10.8 Å². The molecule has 5 heteroatoms. The molecule has 0 atom stereocenters. The first-order valence-corrected chi connectivity index (χ1v) is 23.1. The first-order valence-electron chi connectivity index (χ1n) is 23.1. The maximum absolute atomic E-state index is 5.50. The lowest BCUT2D eigenvalue weighted by atomic mass is 9.85. The molecule has 0 amide bonds. The van der Waals surface area contributed by atoms with E-state index in [0.717, 1.165) is 72.1 Å². The van der Waals surface area contributed by atoms with Crippen LogP contribution in [-0.4, -0.2) is 22.7 Å². The average Bonchev–Trinajstić information content (AvgIpc) is 3.29. The fraction of sp³-hybridized carbons (Fsp3) is 0.254. The molecule has 8 aromatic rings. The fourth-order valence-electron chi connectivity index (χ4n) is 9.70. The summed E-state index contributed by atoms with van der Waals surface area (Å²) in [6, 6.07) is 61.3. The van der Waals surface area contributed by atoms with E-state index in [0.29, 0.717) is 0 Å². The van der Waals surface area contributed by atoms with E-state index in [9.17, 15) is 0 Å². The van der Waals surface area contributed by atoms with Gasteiger partial charge in [0, 0.05) is 75.8 Å². The molecule has 1 aromatic heterocycles. The normalized spacial score (nSPS) is 13.1. The molecule has 324 valence electrons. The van der Waals surface area contributed by atoms with Gasteiger partial charge in [0.15, 0.2) is 0 Å². The Kier molecular flexibility index (Phi) is 11.6. The van der Waals surface area contributed by atoms with Gasteiger partial charge in [0.25, 0.3) is 0 Å². The lowest BCUT2D eigenvalue weighted by Gasteiger charge is -2.41. The van der Waals surface area contributed by atoms with Crippen LogP contribution >= 0.6 is 0 Å². The molecule has 0 unspecified atom stereocenters. The number of rotatable bonds is 12. The molecule has 9 rings (SSSR count). The van der Waals surface area contributed by atoms with Crippen molar-refractivity contribution in [2.45, 2.75) is 74.8 Å². The van der Waals surface area contributed by atoms with E-state index in [4.69, 9.17) is 5.10 Å². The summed E-state index contributed by atoms with van der Waals surface area (Å²) in [5, 5.41) is 8.23. The summed E-state index contributed by atoms with van der Waals surface area (Å²) in [4.78, 5) is 7.39.